The molecule has 1 aliphatic rings. The van der Waals surface area contributed by atoms with Gasteiger partial charge in [0.25, 0.3) is 0 Å². The van der Waals surface area contributed by atoms with E-state index in [1.54, 1.807) is 6.20 Å². The summed E-state index contributed by atoms with van der Waals surface area (Å²) < 4.78 is 13.1. The molecule has 0 spiro atoms. The number of rotatable bonds is 1. The summed E-state index contributed by atoms with van der Waals surface area (Å²) in [6.45, 7) is 0. The maximum atomic E-state index is 13.1. The Morgan fingerprint density at radius 3 is 2.94 bits per heavy atom. The standard InChI is InChI=1S/C12H9FN2OS/c13-8-4-7(5-14-6-8)12-15-9-2-1-3-10(16)11(9)17-12/h4-6H,1-3H2. The first kappa shape index (κ1) is 10.5. The molecule has 17 heavy (non-hydrogen) atoms. The number of fused-ring (bicyclic) bond motifs is 1. The van der Waals surface area contributed by atoms with E-state index in [-0.39, 0.29) is 11.6 Å². The van der Waals surface area contributed by atoms with Gasteiger partial charge in [0.1, 0.15) is 10.8 Å². The van der Waals surface area contributed by atoms with Gasteiger partial charge < -0.3 is 0 Å². The minimum atomic E-state index is -0.387. The van der Waals surface area contributed by atoms with E-state index in [0.29, 0.717) is 17.0 Å². The van der Waals surface area contributed by atoms with Crippen molar-refractivity contribution < 1.29 is 9.18 Å². The molecule has 86 valence electrons. The van der Waals surface area contributed by atoms with Gasteiger partial charge in [0.15, 0.2) is 5.78 Å². The molecule has 0 unspecified atom stereocenters. The number of nitrogens with zero attached hydrogens (tertiary/aromatic N) is 2. The van der Waals surface area contributed by atoms with Gasteiger partial charge in [0.2, 0.25) is 0 Å². The fourth-order valence-electron chi connectivity index (χ4n) is 1.92. The summed E-state index contributed by atoms with van der Waals surface area (Å²) in [5.41, 5.74) is 1.49. The van der Waals surface area contributed by atoms with Crippen LogP contribution in [0.5, 0.6) is 0 Å². The van der Waals surface area contributed by atoms with Crippen molar-refractivity contribution in [2.75, 3.05) is 0 Å². The van der Waals surface area contributed by atoms with E-state index in [1.165, 1.54) is 17.4 Å². The predicted octanol–water partition coefficient (Wildman–Crippen LogP) is 2.86. The summed E-state index contributed by atoms with van der Waals surface area (Å²) in [6.07, 6.45) is 5.01. The summed E-state index contributed by atoms with van der Waals surface area (Å²) >= 11 is 1.34. The molecular formula is C12H9FN2OS. The summed E-state index contributed by atoms with van der Waals surface area (Å²) in [6, 6.07) is 1.39. The molecule has 0 radical (unpaired) electrons. The van der Waals surface area contributed by atoms with Crippen molar-refractivity contribution in [1.82, 2.24) is 9.97 Å². The lowest BCUT2D eigenvalue weighted by atomic mass is 10.0. The lowest BCUT2D eigenvalue weighted by molar-refractivity contribution is 0.0976. The Balaban J connectivity index is 2.08. The van der Waals surface area contributed by atoms with E-state index in [9.17, 15) is 9.18 Å². The van der Waals surface area contributed by atoms with Crippen LogP contribution < -0.4 is 0 Å². The molecule has 0 fully saturated rings. The zero-order valence-corrected chi connectivity index (χ0v) is 9.76. The average Bonchev–Trinajstić information content (AvgIpc) is 2.74. The van der Waals surface area contributed by atoms with E-state index in [0.717, 1.165) is 29.6 Å². The highest BCUT2D eigenvalue weighted by atomic mass is 32.1. The zero-order chi connectivity index (χ0) is 11.8. The second kappa shape index (κ2) is 4.00. The maximum absolute atomic E-state index is 13.1. The molecule has 0 atom stereocenters. The molecule has 2 heterocycles. The monoisotopic (exact) mass is 248 g/mol. The van der Waals surface area contributed by atoms with Crippen LogP contribution >= 0.6 is 11.3 Å². The van der Waals surface area contributed by atoms with Gasteiger partial charge in [0.05, 0.1) is 16.8 Å². The van der Waals surface area contributed by atoms with E-state index < -0.39 is 0 Å². The van der Waals surface area contributed by atoms with Crippen LogP contribution in [0, 0.1) is 5.82 Å². The summed E-state index contributed by atoms with van der Waals surface area (Å²) in [7, 11) is 0. The second-order valence-corrected chi connectivity index (χ2v) is 4.96. The number of Topliss-reactive ketones (excluding diaryl/α,β-unsaturated/α-hetero) is 1. The van der Waals surface area contributed by atoms with Crippen molar-refractivity contribution in [2.45, 2.75) is 19.3 Å². The van der Waals surface area contributed by atoms with Gasteiger partial charge in [0, 0.05) is 18.2 Å². The van der Waals surface area contributed by atoms with Crippen LogP contribution in [0.3, 0.4) is 0 Å². The van der Waals surface area contributed by atoms with E-state index in [4.69, 9.17) is 0 Å². The number of halogens is 1. The molecule has 0 amide bonds. The summed E-state index contributed by atoms with van der Waals surface area (Å²) in [4.78, 5) is 20.6. The van der Waals surface area contributed by atoms with Crippen molar-refractivity contribution in [3.8, 4) is 10.6 Å². The fourth-order valence-corrected chi connectivity index (χ4v) is 2.98. The van der Waals surface area contributed by atoms with Gasteiger partial charge in [-0.05, 0) is 18.9 Å². The molecule has 1 aliphatic carbocycles. The van der Waals surface area contributed by atoms with Gasteiger partial charge in [-0.25, -0.2) is 9.37 Å². The molecule has 2 aromatic rings. The van der Waals surface area contributed by atoms with Crippen molar-refractivity contribution in [1.29, 1.82) is 0 Å². The number of pyridine rings is 1. The minimum Gasteiger partial charge on any atom is -0.293 e. The Labute approximate surface area is 101 Å². The third-order valence-corrected chi connectivity index (χ3v) is 3.91. The Hall–Kier alpha value is -1.62. The van der Waals surface area contributed by atoms with Crippen molar-refractivity contribution >= 4 is 17.1 Å². The lowest BCUT2D eigenvalue weighted by Gasteiger charge is -2.06. The number of hydrogen-bond donors (Lipinski definition) is 0. The van der Waals surface area contributed by atoms with Crippen molar-refractivity contribution in [3.05, 3.63) is 34.8 Å². The molecule has 0 aliphatic heterocycles. The smallest absolute Gasteiger partial charge is 0.174 e. The van der Waals surface area contributed by atoms with Gasteiger partial charge in [-0.15, -0.1) is 11.3 Å². The minimum absolute atomic E-state index is 0.152. The van der Waals surface area contributed by atoms with Crippen molar-refractivity contribution in [3.63, 3.8) is 0 Å². The topological polar surface area (TPSA) is 42.9 Å². The Morgan fingerprint density at radius 1 is 1.29 bits per heavy atom. The van der Waals surface area contributed by atoms with E-state index in [1.807, 2.05) is 0 Å². The highest BCUT2D eigenvalue weighted by molar-refractivity contribution is 7.17. The number of thiazole rings is 1. The highest BCUT2D eigenvalue weighted by Crippen LogP contribution is 2.32. The van der Waals surface area contributed by atoms with E-state index in [2.05, 4.69) is 9.97 Å². The maximum Gasteiger partial charge on any atom is 0.174 e. The molecule has 2 aromatic heterocycles. The van der Waals surface area contributed by atoms with Crippen LogP contribution in [0.4, 0.5) is 4.39 Å². The predicted molar refractivity (Wildman–Crippen MR) is 62.6 cm³/mol. The lowest BCUT2D eigenvalue weighted by Crippen LogP contribution is -2.07. The van der Waals surface area contributed by atoms with Crippen LogP contribution in [0.1, 0.15) is 28.2 Å². The molecular weight excluding hydrogens is 239 g/mol. The third-order valence-electron chi connectivity index (χ3n) is 2.72. The third kappa shape index (κ3) is 1.86. The molecule has 5 heteroatoms. The molecule has 3 nitrogen and oxygen atoms in total. The van der Waals surface area contributed by atoms with Crippen LogP contribution in [0.2, 0.25) is 0 Å². The summed E-state index contributed by atoms with van der Waals surface area (Å²) in [5.74, 6) is -0.235. The first-order chi connectivity index (χ1) is 8.24. The Bertz CT molecular complexity index is 594. The quantitative estimate of drug-likeness (QED) is 0.779. The number of aromatic nitrogens is 2. The SMILES string of the molecule is O=C1CCCc2nc(-c3cncc(F)c3)sc21. The fraction of sp³-hybridized carbons (Fsp3) is 0.250. The average molecular weight is 248 g/mol. The Morgan fingerprint density at radius 2 is 2.18 bits per heavy atom. The van der Waals surface area contributed by atoms with Gasteiger partial charge in [-0.3, -0.25) is 9.78 Å². The molecule has 0 bridgehead atoms. The van der Waals surface area contributed by atoms with Crippen molar-refractivity contribution in [2.24, 2.45) is 0 Å². The molecule has 0 aromatic carbocycles. The number of aryl methyl sites for hydroxylation is 1. The van der Waals surface area contributed by atoms with Crippen LogP contribution in [-0.2, 0) is 6.42 Å². The second-order valence-electron chi connectivity index (χ2n) is 3.96. The van der Waals surface area contributed by atoms with E-state index >= 15 is 0 Å². The number of carbonyl (C=O) groups is 1. The first-order valence-electron chi connectivity index (χ1n) is 5.38. The molecule has 0 N–H and O–H groups in total. The molecule has 0 saturated heterocycles. The summed E-state index contributed by atoms with van der Waals surface area (Å²) in [5, 5.41) is 0.678. The zero-order valence-electron chi connectivity index (χ0n) is 8.94. The normalized spacial score (nSPS) is 14.8. The van der Waals surface area contributed by atoms with Gasteiger partial charge in [-0.1, -0.05) is 0 Å². The van der Waals surface area contributed by atoms with Gasteiger partial charge >= 0.3 is 0 Å². The number of ketones is 1. The highest BCUT2D eigenvalue weighted by Gasteiger charge is 2.22. The Kier molecular flexibility index (Phi) is 2.48. The molecule has 3 rings (SSSR count). The van der Waals surface area contributed by atoms with Crippen LogP contribution in [0.15, 0.2) is 18.5 Å². The molecule has 0 saturated carbocycles. The van der Waals surface area contributed by atoms with Crippen LogP contribution in [-0.4, -0.2) is 15.8 Å². The first-order valence-corrected chi connectivity index (χ1v) is 6.19. The largest absolute Gasteiger partial charge is 0.293 e. The van der Waals surface area contributed by atoms with Gasteiger partial charge in [-0.2, -0.15) is 0 Å². The number of carbonyl (C=O) groups excluding carboxylic acids is 1. The van der Waals surface area contributed by atoms with Crippen LogP contribution in [0.25, 0.3) is 10.6 Å². The number of hydrogen-bond acceptors (Lipinski definition) is 4.